The fourth-order valence-corrected chi connectivity index (χ4v) is 1.93. The molecule has 0 aliphatic carbocycles. The quantitative estimate of drug-likeness (QED) is 0.550. The van der Waals surface area contributed by atoms with Gasteiger partial charge >= 0.3 is 0 Å². The molecule has 0 atom stereocenters. The number of hydrogen-bond donors (Lipinski definition) is 0. The predicted molar refractivity (Wildman–Crippen MR) is 65.4 cm³/mol. The fourth-order valence-electron chi connectivity index (χ4n) is 1.93. The van der Waals surface area contributed by atoms with Gasteiger partial charge in [-0.25, -0.2) is 0 Å². The molecule has 0 aromatic heterocycles. The summed E-state index contributed by atoms with van der Waals surface area (Å²) in [5.74, 6) is 0. The molecule has 1 nitrogen and oxygen atoms in total. The summed E-state index contributed by atoms with van der Waals surface area (Å²) in [6, 6.07) is 21.0. The molecule has 3 rings (SSSR count). The Morgan fingerprint density at radius 3 is 2.12 bits per heavy atom. The molecule has 1 heteroatoms. The van der Waals surface area contributed by atoms with Gasteiger partial charge < -0.3 is 0 Å². The SMILES string of the molecule is O=c1c#cc2ccccc2c2ccccc12. The van der Waals surface area contributed by atoms with Crippen molar-refractivity contribution in [2.45, 2.75) is 0 Å². The van der Waals surface area contributed by atoms with Crippen LogP contribution >= 0.6 is 0 Å². The van der Waals surface area contributed by atoms with Gasteiger partial charge in [0, 0.05) is 10.8 Å². The highest BCUT2D eigenvalue weighted by molar-refractivity contribution is 6.04. The van der Waals surface area contributed by atoms with Crippen molar-refractivity contribution in [3.8, 4) is 0 Å². The lowest BCUT2D eigenvalue weighted by molar-refractivity contribution is 1.74. The topological polar surface area (TPSA) is 17.1 Å². The predicted octanol–water partition coefficient (Wildman–Crippen LogP) is 2.95. The van der Waals surface area contributed by atoms with Gasteiger partial charge in [-0.2, -0.15) is 0 Å². The van der Waals surface area contributed by atoms with Crippen molar-refractivity contribution in [1.82, 2.24) is 0 Å². The van der Waals surface area contributed by atoms with Crippen LogP contribution in [0, 0.1) is 12.1 Å². The summed E-state index contributed by atoms with van der Waals surface area (Å²) in [6.45, 7) is 0. The average Bonchev–Trinajstić information content (AvgIpc) is 2.49. The first kappa shape index (κ1) is 8.94. The van der Waals surface area contributed by atoms with Gasteiger partial charge in [-0.3, -0.25) is 4.79 Å². The van der Waals surface area contributed by atoms with E-state index < -0.39 is 0 Å². The molecule has 0 heterocycles. The van der Waals surface area contributed by atoms with E-state index >= 15 is 0 Å². The standard InChI is InChI=1S/C15H8O/c16-15-10-9-11-5-1-2-6-12(11)13-7-3-4-8-14(13)15/h1-8H. The van der Waals surface area contributed by atoms with E-state index in [-0.39, 0.29) is 5.43 Å². The maximum Gasteiger partial charge on any atom is 0.236 e. The zero-order valence-electron chi connectivity index (χ0n) is 8.53. The zero-order chi connectivity index (χ0) is 11.0. The molecule has 0 aliphatic rings. The van der Waals surface area contributed by atoms with Gasteiger partial charge in [-0.15, -0.1) is 0 Å². The van der Waals surface area contributed by atoms with Crippen molar-refractivity contribution in [1.29, 1.82) is 0 Å². The van der Waals surface area contributed by atoms with Crippen molar-refractivity contribution in [3.05, 3.63) is 70.9 Å². The fraction of sp³-hybridized carbons (Fsp3) is 0. The highest BCUT2D eigenvalue weighted by Crippen LogP contribution is 2.19. The minimum absolute atomic E-state index is 0.105. The summed E-state index contributed by atoms with van der Waals surface area (Å²) in [7, 11) is 0. The summed E-state index contributed by atoms with van der Waals surface area (Å²) >= 11 is 0. The van der Waals surface area contributed by atoms with Gasteiger partial charge in [0.05, 0.1) is 0 Å². The van der Waals surface area contributed by atoms with Crippen LogP contribution in [0.4, 0.5) is 0 Å². The minimum Gasteiger partial charge on any atom is -0.279 e. The van der Waals surface area contributed by atoms with Crippen molar-refractivity contribution < 1.29 is 0 Å². The van der Waals surface area contributed by atoms with Gasteiger partial charge in [0.1, 0.15) is 0 Å². The molecule has 0 aliphatic heterocycles. The monoisotopic (exact) mass is 204 g/mol. The van der Waals surface area contributed by atoms with Crippen LogP contribution in [0.5, 0.6) is 0 Å². The Bertz CT molecular complexity index is 729. The highest BCUT2D eigenvalue weighted by atomic mass is 16.1. The molecule has 0 radical (unpaired) electrons. The Morgan fingerprint density at radius 1 is 0.688 bits per heavy atom. The van der Waals surface area contributed by atoms with Gasteiger partial charge in [-0.05, 0) is 29.0 Å². The molecule has 0 N–H and O–H groups in total. The van der Waals surface area contributed by atoms with Crippen LogP contribution in [0.2, 0.25) is 0 Å². The van der Waals surface area contributed by atoms with Crippen LogP contribution in [0.1, 0.15) is 0 Å². The van der Waals surface area contributed by atoms with E-state index in [9.17, 15) is 4.79 Å². The van der Waals surface area contributed by atoms with Crippen molar-refractivity contribution in [3.63, 3.8) is 0 Å². The molecule has 0 saturated heterocycles. The Balaban J connectivity index is 2.74. The molecule has 0 spiro atoms. The number of hydrogen-bond acceptors (Lipinski definition) is 1. The van der Waals surface area contributed by atoms with Crippen LogP contribution in [0.25, 0.3) is 21.5 Å². The molecule has 0 saturated carbocycles. The molecular weight excluding hydrogens is 196 g/mol. The van der Waals surface area contributed by atoms with E-state index in [1.807, 2.05) is 48.5 Å². The molecule has 0 bridgehead atoms. The van der Waals surface area contributed by atoms with Crippen molar-refractivity contribution in [2.75, 3.05) is 0 Å². The number of rotatable bonds is 0. The summed E-state index contributed by atoms with van der Waals surface area (Å²) < 4.78 is 0. The molecule has 3 aromatic carbocycles. The number of benzene rings is 2. The first-order valence-corrected chi connectivity index (χ1v) is 5.11. The second-order valence-corrected chi connectivity index (χ2v) is 3.67. The summed E-state index contributed by atoms with van der Waals surface area (Å²) in [5, 5.41) is 3.61. The van der Waals surface area contributed by atoms with Gasteiger partial charge in [0.2, 0.25) is 5.43 Å². The zero-order valence-corrected chi connectivity index (χ0v) is 8.53. The second-order valence-electron chi connectivity index (χ2n) is 3.67. The lowest BCUT2D eigenvalue weighted by Crippen LogP contribution is -1.92. The van der Waals surface area contributed by atoms with E-state index in [0.29, 0.717) is 5.39 Å². The van der Waals surface area contributed by atoms with Crippen LogP contribution in [-0.4, -0.2) is 0 Å². The van der Waals surface area contributed by atoms with Gasteiger partial charge in [-0.1, -0.05) is 42.5 Å². The first-order valence-electron chi connectivity index (χ1n) is 5.11. The summed E-state index contributed by atoms with van der Waals surface area (Å²) in [6.07, 6.45) is 0. The third kappa shape index (κ3) is 1.24. The van der Waals surface area contributed by atoms with Crippen molar-refractivity contribution >= 4 is 21.5 Å². The van der Waals surface area contributed by atoms with Crippen LogP contribution in [0.15, 0.2) is 53.3 Å². The average molecular weight is 204 g/mol. The maximum absolute atomic E-state index is 11.8. The van der Waals surface area contributed by atoms with E-state index in [4.69, 9.17) is 0 Å². The Kier molecular flexibility index (Phi) is 1.88. The van der Waals surface area contributed by atoms with Gasteiger partial charge in [0.15, 0.2) is 0 Å². The molecule has 16 heavy (non-hydrogen) atoms. The largest absolute Gasteiger partial charge is 0.279 e. The van der Waals surface area contributed by atoms with Crippen molar-refractivity contribution in [2.24, 2.45) is 0 Å². The lowest BCUT2D eigenvalue weighted by atomic mass is 10.1. The number of fused-ring (bicyclic) bond motifs is 3. The lowest BCUT2D eigenvalue weighted by Gasteiger charge is -1.95. The molecule has 0 amide bonds. The van der Waals surface area contributed by atoms with Crippen LogP contribution in [-0.2, 0) is 0 Å². The normalized spacial score (nSPS) is 10.2. The van der Waals surface area contributed by atoms with E-state index in [2.05, 4.69) is 12.1 Å². The van der Waals surface area contributed by atoms with Gasteiger partial charge in [0.25, 0.3) is 0 Å². The third-order valence-corrected chi connectivity index (χ3v) is 2.70. The second kappa shape index (κ2) is 3.36. The van der Waals surface area contributed by atoms with Crippen LogP contribution in [0.3, 0.4) is 0 Å². The Labute approximate surface area is 93.0 Å². The highest BCUT2D eigenvalue weighted by Gasteiger charge is 1.99. The minimum atomic E-state index is -0.105. The third-order valence-electron chi connectivity index (χ3n) is 2.70. The first-order chi connectivity index (χ1) is 7.86. The Morgan fingerprint density at radius 2 is 1.31 bits per heavy atom. The molecule has 0 fully saturated rings. The van der Waals surface area contributed by atoms with Crippen LogP contribution < -0.4 is 5.43 Å². The maximum atomic E-state index is 11.8. The summed E-state index contributed by atoms with van der Waals surface area (Å²) in [5.41, 5.74) is -0.105. The molecule has 0 unspecified atom stereocenters. The smallest absolute Gasteiger partial charge is 0.236 e. The van der Waals surface area contributed by atoms with E-state index in [1.165, 1.54) is 0 Å². The Hall–Kier alpha value is -2.33. The molecular formula is C15H8O. The summed E-state index contributed by atoms with van der Waals surface area (Å²) in [4.78, 5) is 11.8. The molecule has 74 valence electrons. The molecule has 3 aromatic rings. The van der Waals surface area contributed by atoms with E-state index in [0.717, 1.165) is 16.2 Å². The van der Waals surface area contributed by atoms with E-state index in [1.54, 1.807) is 0 Å².